The highest BCUT2D eigenvalue weighted by Crippen LogP contribution is 2.20. The van der Waals surface area contributed by atoms with Crippen LogP contribution in [0.25, 0.3) is 0 Å². The van der Waals surface area contributed by atoms with E-state index >= 15 is 0 Å². The highest BCUT2D eigenvalue weighted by Gasteiger charge is 2.25. The number of carbonyl (C=O) groups excluding carboxylic acids is 1. The Balaban J connectivity index is 1.98. The van der Waals surface area contributed by atoms with Crippen LogP contribution >= 0.6 is 11.6 Å². The van der Waals surface area contributed by atoms with Crippen molar-refractivity contribution in [3.8, 4) is 0 Å². The molecule has 1 heterocycles. The van der Waals surface area contributed by atoms with Crippen molar-refractivity contribution in [1.82, 2.24) is 4.90 Å². The van der Waals surface area contributed by atoms with Gasteiger partial charge in [-0.05, 0) is 37.1 Å². The number of hydrogen-bond acceptors (Lipinski definition) is 3. The maximum Gasteiger partial charge on any atom is 0.253 e. The minimum Gasteiger partial charge on any atom is -0.409 e. The van der Waals surface area contributed by atoms with Gasteiger partial charge in [0.2, 0.25) is 0 Å². The van der Waals surface area contributed by atoms with Gasteiger partial charge < -0.3 is 15.8 Å². The Bertz CT molecular complexity index is 479. The maximum atomic E-state index is 12.2. The van der Waals surface area contributed by atoms with Crippen LogP contribution in [0.2, 0.25) is 5.02 Å². The van der Waals surface area contributed by atoms with E-state index in [-0.39, 0.29) is 17.7 Å². The quantitative estimate of drug-likeness (QED) is 0.376. The molecule has 3 N–H and O–H groups in total. The third-order valence-electron chi connectivity index (χ3n) is 3.41. The Hall–Kier alpha value is -1.75. The van der Waals surface area contributed by atoms with E-state index in [1.165, 1.54) is 0 Å². The van der Waals surface area contributed by atoms with Crippen molar-refractivity contribution in [1.29, 1.82) is 0 Å². The number of nitrogens with two attached hydrogens (primary N) is 1. The topological polar surface area (TPSA) is 78.9 Å². The first kappa shape index (κ1) is 13.7. The summed E-state index contributed by atoms with van der Waals surface area (Å²) >= 11 is 5.80. The number of likely N-dealkylation sites (tertiary alicyclic amines) is 1. The second-order valence-corrected chi connectivity index (χ2v) is 5.03. The zero-order valence-corrected chi connectivity index (χ0v) is 11.2. The molecule has 0 saturated carbocycles. The lowest BCUT2D eigenvalue weighted by atomic mass is 9.95. The smallest absolute Gasteiger partial charge is 0.253 e. The predicted molar refractivity (Wildman–Crippen MR) is 73.5 cm³/mol. The van der Waals surface area contributed by atoms with Gasteiger partial charge in [0, 0.05) is 29.6 Å². The molecule has 0 bridgehead atoms. The first-order valence-electron chi connectivity index (χ1n) is 6.14. The number of carbonyl (C=O) groups is 1. The van der Waals surface area contributed by atoms with Crippen LogP contribution in [-0.4, -0.2) is 34.9 Å². The van der Waals surface area contributed by atoms with Crippen LogP contribution in [0.5, 0.6) is 0 Å². The number of hydrogen-bond donors (Lipinski definition) is 2. The average molecular weight is 282 g/mol. The molecule has 0 unspecified atom stereocenters. The normalized spacial score (nSPS) is 17.5. The van der Waals surface area contributed by atoms with Crippen molar-refractivity contribution in [2.45, 2.75) is 12.8 Å². The SMILES string of the molecule is NC(=NO)C1CCN(C(=O)c2ccc(Cl)cc2)CC1. The lowest BCUT2D eigenvalue weighted by molar-refractivity contribution is 0.0709. The summed E-state index contributed by atoms with van der Waals surface area (Å²) in [4.78, 5) is 14.0. The molecular formula is C13H16ClN3O2. The summed E-state index contributed by atoms with van der Waals surface area (Å²) in [7, 11) is 0. The summed E-state index contributed by atoms with van der Waals surface area (Å²) in [5, 5.41) is 12.3. The van der Waals surface area contributed by atoms with Crippen LogP contribution in [-0.2, 0) is 0 Å². The maximum absolute atomic E-state index is 12.2. The monoisotopic (exact) mass is 281 g/mol. The number of nitrogens with zero attached hydrogens (tertiary/aromatic N) is 2. The van der Waals surface area contributed by atoms with Gasteiger partial charge in [0.25, 0.3) is 5.91 Å². The van der Waals surface area contributed by atoms with Crippen molar-refractivity contribution in [2.24, 2.45) is 16.8 Å². The van der Waals surface area contributed by atoms with Gasteiger partial charge >= 0.3 is 0 Å². The molecule has 1 aliphatic rings. The molecular weight excluding hydrogens is 266 g/mol. The summed E-state index contributed by atoms with van der Waals surface area (Å²) in [6, 6.07) is 6.86. The molecule has 19 heavy (non-hydrogen) atoms. The fourth-order valence-electron chi connectivity index (χ4n) is 2.24. The number of halogens is 1. The van der Waals surface area contributed by atoms with Crippen LogP contribution in [0.15, 0.2) is 29.4 Å². The van der Waals surface area contributed by atoms with Gasteiger partial charge in [-0.1, -0.05) is 16.8 Å². The lowest BCUT2D eigenvalue weighted by Crippen LogP contribution is -2.41. The van der Waals surface area contributed by atoms with E-state index in [9.17, 15) is 4.79 Å². The Labute approximate surface area is 116 Å². The molecule has 1 aromatic carbocycles. The molecule has 0 aliphatic carbocycles. The van der Waals surface area contributed by atoms with Gasteiger partial charge in [0.15, 0.2) is 0 Å². The van der Waals surface area contributed by atoms with E-state index in [0.717, 1.165) is 12.8 Å². The highest BCUT2D eigenvalue weighted by molar-refractivity contribution is 6.30. The summed E-state index contributed by atoms with van der Waals surface area (Å²) in [6.07, 6.45) is 1.43. The van der Waals surface area contributed by atoms with E-state index < -0.39 is 0 Å². The summed E-state index contributed by atoms with van der Waals surface area (Å²) in [5.41, 5.74) is 6.21. The third-order valence-corrected chi connectivity index (χ3v) is 3.66. The van der Waals surface area contributed by atoms with E-state index in [1.54, 1.807) is 29.2 Å². The van der Waals surface area contributed by atoms with Crippen LogP contribution in [0.4, 0.5) is 0 Å². The molecule has 0 atom stereocenters. The molecule has 6 heteroatoms. The molecule has 102 valence electrons. The first-order valence-corrected chi connectivity index (χ1v) is 6.52. The van der Waals surface area contributed by atoms with Gasteiger partial charge in [-0.3, -0.25) is 4.79 Å². The largest absolute Gasteiger partial charge is 0.409 e. The van der Waals surface area contributed by atoms with Crippen molar-refractivity contribution in [3.63, 3.8) is 0 Å². The summed E-state index contributed by atoms with van der Waals surface area (Å²) in [5.74, 6) is 0.299. The molecule has 1 fully saturated rings. The number of oxime groups is 1. The molecule has 1 aromatic rings. The van der Waals surface area contributed by atoms with Gasteiger partial charge in [0.1, 0.15) is 5.84 Å². The van der Waals surface area contributed by atoms with Crippen molar-refractivity contribution in [3.05, 3.63) is 34.9 Å². The van der Waals surface area contributed by atoms with Crippen molar-refractivity contribution in [2.75, 3.05) is 13.1 Å². The van der Waals surface area contributed by atoms with Crippen LogP contribution in [0.3, 0.4) is 0 Å². The lowest BCUT2D eigenvalue weighted by Gasteiger charge is -2.31. The van der Waals surface area contributed by atoms with Gasteiger partial charge in [-0.2, -0.15) is 0 Å². The molecule has 1 saturated heterocycles. The first-order chi connectivity index (χ1) is 9.11. The minimum absolute atomic E-state index is 0.00498. The second kappa shape index (κ2) is 5.93. The number of rotatable bonds is 2. The predicted octanol–water partition coefficient (Wildman–Crippen LogP) is 1.94. The van der Waals surface area contributed by atoms with Gasteiger partial charge in [0.05, 0.1) is 0 Å². The van der Waals surface area contributed by atoms with Crippen molar-refractivity contribution >= 4 is 23.3 Å². The Morgan fingerprint density at radius 1 is 1.32 bits per heavy atom. The second-order valence-electron chi connectivity index (χ2n) is 4.60. The standard InChI is InChI=1S/C13H16ClN3O2/c14-11-3-1-10(2-4-11)13(18)17-7-5-9(6-8-17)12(15)16-19/h1-4,9,19H,5-8H2,(H2,15,16). The molecule has 5 nitrogen and oxygen atoms in total. The van der Waals surface area contributed by atoms with E-state index in [4.69, 9.17) is 22.5 Å². The fraction of sp³-hybridized carbons (Fsp3) is 0.385. The number of amides is 1. The molecule has 0 spiro atoms. The van der Waals surface area contributed by atoms with Crippen molar-refractivity contribution < 1.29 is 10.0 Å². The number of benzene rings is 1. The van der Waals surface area contributed by atoms with E-state index in [2.05, 4.69) is 5.16 Å². The molecule has 0 aromatic heterocycles. The Morgan fingerprint density at radius 3 is 2.42 bits per heavy atom. The fourth-order valence-corrected chi connectivity index (χ4v) is 2.36. The average Bonchev–Trinajstić information content (AvgIpc) is 2.46. The summed E-state index contributed by atoms with van der Waals surface area (Å²) < 4.78 is 0. The third kappa shape index (κ3) is 3.17. The van der Waals surface area contributed by atoms with E-state index in [1.807, 2.05) is 0 Å². The number of amidine groups is 1. The Morgan fingerprint density at radius 2 is 1.89 bits per heavy atom. The minimum atomic E-state index is -0.00498. The molecule has 0 radical (unpaired) electrons. The zero-order chi connectivity index (χ0) is 13.8. The number of piperidine rings is 1. The van der Waals surface area contributed by atoms with Crippen LogP contribution < -0.4 is 5.73 Å². The summed E-state index contributed by atoms with van der Waals surface area (Å²) in [6.45, 7) is 1.23. The molecule has 2 rings (SSSR count). The Kier molecular flexibility index (Phi) is 4.27. The molecule has 1 aliphatic heterocycles. The molecule has 1 amide bonds. The van der Waals surface area contributed by atoms with Crippen LogP contribution in [0, 0.1) is 5.92 Å². The van der Waals surface area contributed by atoms with E-state index in [0.29, 0.717) is 23.7 Å². The van der Waals surface area contributed by atoms with Gasteiger partial charge in [-0.15, -0.1) is 0 Å². The highest BCUT2D eigenvalue weighted by atomic mass is 35.5. The zero-order valence-electron chi connectivity index (χ0n) is 10.4. The van der Waals surface area contributed by atoms with Gasteiger partial charge in [-0.25, -0.2) is 0 Å². The van der Waals surface area contributed by atoms with Crippen LogP contribution in [0.1, 0.15) is 23.2 Å².